The second kappa shape index (κ2) is 9.14. The van der Waals surface area contributed by atoms with Gasteiger partial charge in [0.25, 0.3) is 0 Å². The summed E-state index contributed by atoms with van der Waals surface area (Å²) in [5.74, 6) is 1.11. The van der Waals surface area contributed by atoms with Gasteiger partial charge in [-0.15, -0.1) is 0 Å². The van der Waals surface area contributed by atoms with Crippen LogP contribution in [-0.4, -0.2) is 13.3 Å². The van der Waals surface area contributed by atoms with Crippen molar-refractivity contribution in [3.8, 4) is 11.5 Å². The van der Waals surface area contributed by atoms with Gasteiger partial charge >= 0.3 is 6.18 Å². The number of rotatable bonds is 7. The average Bonchev–Trinajstić information content (AvgIpc) is 2.73. The van der Waals surface area contributed by atoms with E-state index in [2.05, 4.69) is 10.5 Å². The third kappa shape index (κ3) is 5.75. The zero-order chi connectivity index (χ0) is 20.7. The molecule has 0 fully saturated rings. The number of ether oxygens (including phenoxy) is 2. The van der Waals surface area contributed by atoms with Crippen molar-refractivity contribution < 1.29 is 22.6 Å². The summed E-state index contributed by atoms with van der Waals surface area (Å²) in [6.45, 7) is 0.405. The summed E-state index contributed by atoms with van der Waals surface area (Å²) < 4.78 is 49.4. The topological polar surface area (TPSA) is 42.8 Å². The molecule has 0 atom stereocenters. The van der Waals surface area contributed by atoms with Crippen LogP contribution in [0.5, 0.6) is 11.5 Å². The SMILES string of the molecule is COc1cc(C=NNc2cccc(C(F)(F)F)c2)ccc1OCc1ccccc1. The molecule has 0 aliphatic rings. The minimum Gasteiger partial charge on any atom is -0.493 e. The van der Waals surface area contributed by atoms with Gasteiger partial charge < -0.3 is 9.47 Å². The maximum Gasteiger partial charge on any atom is 0.416 e. The highest BCUT2D eigenvalue weighted by atomic mass is 19.4. The van der Waals surface area contributed by atoms with E-state index in [0.29, 0.717) is 23.7 Å². The molecule has 29 heavy (non-hydrogen) atoms. The van der Waals surface area contributed by atoms with E-state index in [1.807, 2.05) is 30.3 Å². The third-order valence-corrected chi connectivity index (χ3v) is 4.02. The molecule has 0 spiro atoms. The first-order valence-corrected chi connectivity index (χ1v) is 8.77. The summed E-state index contributed by atoms with van der Waals surface area (Å²) >= 11 is 0. The first-order valence-electron chi connectivity index (χ1n) is 8.77. The van der Waals surface area contributed by atoms with Crippen molar-refractivity contribution in [2.75, 3.05) is 12.5 Å². The van der Waals surface area contributed by atoms with Crippen LogP contribution in [-0.2, 0) is 12.8 Å². The quantitative estimate of drug-likeness (QED) is 0.406. The van der Waals surface area contributed by atoms with Crippen molar-refractivity contribution >= 4 is 11.9 Å². The molecule has 150 valence electrons. The molecule has 0 saturated carbocycles. The molecule has 3 aromatic carbocycles. The highest BCUT2D eigenvalue weighted by Crippen LogP contribution is 2.31. The summed E-state index contributed by atoms with van der Waals surface area (Å²) in [6.07, 6.45) is -2.91. The largest absolute Gasteiger partial charge is 0.493 e. The van der Waals surface area contributed by atoms with Crippen molar-refractivity contribution in [1.29, 1.82) is 0 Å². The van der Waals surface area contributed by atoms with Gasteiger partial charge in [0.15, 0.2) is 11.5 Å². The van der Waals surface area contributed by atoms with Crippen LogP contribution in [0, 0.1) is 0 Å². The van der Waals surface area contributed by atoms with E-state index in [9.17, 15) is 13.2 Å². The lowest BCUT2D eigenvalue weighted by Crippen LogP contribution is -2.05. The number of hydrazone groups is 1. The van der Waals surface area contributed by atoms with Crippen molar-refractivity contribution in [3.05, 3.63) is 89.5 Å². The van der Waals surface area contributed by atoms with Crippen LogP contribution in [0.3, 0.4) is 0 Å². The standard InChI is InChI=1S/C22H19F3N2O2/c1-28-21-12-17(10-11-20(21)29-15-16-6-3-2-4-7-16)14-26-27-19-9-5-8-18(13-19)22(23,24)25/h2-14,27H,15H2,1H3. The predicted octanol–water partition coefficient (Wildman–Crippen LogP) is 5.74. The Morgan fingerprint density at radius 2 is 1.72 bits per heavy atom. The Balaban J connectivity index is 1.65. The van der Waals surface area contributed by atoms with E-state index in [1.165, 1.54) is 25.5 Å². The highest BCUT2D eigenvalue weighted by Gasteiger charge is 2.30. The smallest absolute Gasteiger partial charge is 0.416 e. The maximum atomic E-state index is 12.8. The number of nitrogens with zero attached hydrogens (tertiary/aromatic N) is 1. The fourth-order valence-corrected chi connectivity index (χ4v) is 2.57. The lowest BCUT2D eigenvalue weighted by Gasteiger charge is -2.11. The number of halogens is 3. The Bertz CT molecular complexity index is 973. The third-order valence-electron chi connectivity index (χ3n) is 4.02. The van der Waals surface area contributed by atoms with E-state index >= 15 is 0 Å². The number of alkyl halides is 3. The predicted molar refractivity (Wildman–Crippen MR) is 106 cm³/mol. The van der Waals surface area contributed by atoms with Crippen LogP contribution in [0.2, 0.25) is 0 Å². The Morgan fingerprint density at radius 1 is 0.931 bits per heavy atom. The first kappa shape index (κ1) is 20.3. The summed E-state index contributed by atoms with van der Waals surface area (Å²) in [4.78, 5) is 0. The minimum absolute atomic E-state index is 0.242. The number of hydrogen-bond donors (Lipinski definition) is 1. The van der Waals surface area contributed by atoms with Gasteiger partial charge in [-0.05, 0) is 47.5 Å². The fraction of sp³-hybridized carbons (Fsp3) is 0.136. The van der Waals surface area contributed by atoms with Crippen LogP contribution in [0.25, 0.3) is 0 Å². The lowest BCUT2D eigenvalue weighted by atomic mass is 10.2. The second-order valence-electron chi connectivity index (χ2n) is 6.13. The van der Waals surface area contributed by atoms with Gasteiger partial charge in [-0.25, -0.2) is 0 Å². The Morgan fingerprint density at radius 3 is 2.45 bits per heavy atom. The Labute approximate surface area is 166 Å². The fourth-order valence-electron chi connectivity index (χ4n) is 2.57. The van der Waals surface area contributed by atoms with E-state index < -0.39 is 11.7 Å². The van der Waals surface area contributed by atoms with Gasteiger partial charge in [0.05, 0.1) is 24.6 Å². The van der Waals surface area contributed by atoms with Crippen molar-refractivity contribution in [2.45, 2.75) is 12.8 Å². The second-order valence-corrected chi connectivity index (χ2v) is 6.13. The lowest BCUT2D eigenvalue weighted by molar-refractivity contribution is -0.137. The molecule has 0 saturated heterocycles. The van der Waals surface area contributed by atoms with Crippen LogP contribution in [0.4, 0.5) is 18.9 Å². The number of hydrogen-bond acceptors (Lipinski definition) is 4. The van der Waals surface area contributed by atoms with E-state index in [0.717, 1.165) is 17.7 Å². The number of methoxy groups -OCH3 is 1. The van der Waals surface area contributed by atoms with Crippen molar-refractivity contribution in [1.82, 2.24) is 0 Å². The van der Waals surface area contributed by atoms with Crippen LogP contribution < -0.4 is 14.9 Å². The molecule has 0 aliphatic carbocycles. The molecule has 0 unspecified atom stereocenters. The van der Waals surface area contributed by atoms with Crippen LogP contribution in [0.1, 0.15) is 16.7 Å². The highest BCUT2D eigenvalue weighted by molar-refractivity contribution is 5.81. The Kier molecular flexibility index (Phi) is 6.39. The maximum absolute atomic E-state index is 12.8. The summed E-state index contributed by atoms with van der Waals surface area (Å²) in [6, 6.07) is 19.8. The van der Waals surface area contributed by atoms with Gasteiger partial charge in [-0.3, -0.25) is 5.43 Å². The van der Waals surface area contributed by atoms with Gasteiger partial charge in [-0.2, -0.15) is 18.3 Å². The molecular weight excluding hydrogens is 381 g/mol. The van der Waals surface area contributed by atoms with Gasteiger partial charge in [0.2, 0.25) is 0 Å². The van der Waals surface area contributed by atoms with Gasteiger partial charge in [0, 0.05) is 0 Å². The molecule has 0 heterocycles. The summed E-state index contributed by atoms with van der Waals surface area (Å²) in [5.41, 5.74) is 3.84. The average molecular weight is 400 g/mol. The minimum atomic E-state index is -4.40. The van der Waals surface area contributed by atoms with E-state index in [1.54, 1.807) is 18.2 Å². The Hall–Kier alpha value is -3.48. The molecule has 1 N–H and O–H groups in total. The van der Waals surface area contributed by atoms with Crippen LogP contribution in [0.15, 0.2) is 77.9 Å². The number of nitrogens with one attached hydrogen (secondary N) is 1. The molecule has 0 amide bonds. The molecular formula is C22H19F3N2O2. The molecule has 3 aromatic rings. The monoisotopic (exact) mass is 400 g/mol. The molecule has 0 aliphatic heterocycles. The van der Waals surface area contributed by atoms with Crippen molar-refractivity contribution in [2.24, 2.45) is 5.10 Å². The molecule has 0 bridgehead atoms. The van der Waals surface area contributed by atoms with Gasteiger partial charge in [0.1, 0.15) is 6.61 Å². The zero-order valence-electron chi connectivity index (χ0n) is 15.6. The summed E-state index contributed by atoms with van der Waals surface area (Å²) in [7, 11) is 1.53. The van der Waals surface area contributed by atoms with E-state index in [4.69, 9.17) is 9.47 Å². The molecule has 4 nitrogen and oxygen atoms in total. The van der Waals surface area contributed by atoms with E-state index in [-0.39, 0.29) is 5.69 Å². The van der Waals surface area contributed by atoms with Crippen molar-refractivity contribution in [3.63, 3.8) is 0 Å². The number of benzene rings is 3. The first-order chi connectivity index (χ1) is 14.0. The molecule has 7 heteroatoms. The number of anilines is 1. The molecule has 0 aromatic heterocycles. The normalized spacial score (nSPS) is 11.4. The zero-order valence-corrected chi connectivity index (χ0v) is 15.6. The molecule has 0 radical (unpaired) electrons. The van der Waals surface area contributed by atoms with Gasteiger partial charge in [-0.1, -0.05) is 36.4 Å². The van der Waals surface area contributed by atoms with Crippen LogP contribution >= 0.6 is 0 Å². The summed E-state index contributed by atoms with van der Waals surface area (Å²) in [5, 5.41) is 3.99. The molecule has 3 rings (SSSR count).